The molecule has 0 heterocycles. The van der Waals surface area contributed by atoms with Gasteiger partial charge in [0.15, 0.2) is 0 Å². The summed E-state index contributed by atoms with van der Waals surface area (Å²) in [5.74, 6) is 6.83. The van der Waals surface area contributed by atoms with E-state index < -0.39 is 0 Å². The standard InChI is InChI=1S/C36H42/c1-26(29-17-23-33(24-18-29)36(8,9)10)30(25-28-14-21-32(22-15-28)35(5,6)7)16-11-27-12-19-31(20-13-27)34(2,3)4/h12-15,17-25H,1H2,2-10H3/b30-25-. The zero-order chi connectivity index (χ0) is 26.7. The van der Waals surface area contributed by atoms with Crippen LogP contribution in [0.2, 0.25) is 0 Å². The minimum Gasteiger partial charge on any atom is -0.0899 e. The SMILES string of the molecule is C=C(/C(C#Cc1ccc(C(C)(C)C)cc1)=C\c1ccc(C(C)(C)C)cc1)c1ccc(C(C)(C)C)cc1. The van der Waals surface area contributed by atoms with Crippen molar-refractivity contribution in [3.63, 3.8) is 0 Å². The first-order valence-electron chi connectivity index (χ1n) is 12.9. The number of hydrogen-bond acceptors (Lipinski definition) is 0. The van der Waals surface area contributed by atoms with Crippen LogP contribution in [0.5, 0.6) is 0 Å². The van der Waals surface area contributed by atoms with E-state index in [4.69, 9.17) is 0 Å². The van der Waals surface area contributed by atoms with E-state index in [0.717, 1.165) is 27.8 Å². The van der Waals surface area contributed by atoms with E-state index in [0.29, 0.717) is 0 Å². The maximum Gasteiger partial charge on any atom is 0.0327 e. The molecule has 3 rings (SSSR count). The highest BCUT2D eigenvalue weighted by atomic mass is 14.2. The summed E-state index contributed by atoms with van der Waals surface area (Å²) in [6.07, 6.45) is 2.16. The van der Waals surface area contributed by atoms with Crippen LogP contribution in [0.25, 0.3) is 11.6 Å². The molecule has 0 radical (unpaired) electrons. The highest BCUT2D eigenvalue weighted by Crippen LogP contribution is 2.29. The molecule has 0 N–H and O–H groups in total. The topological polar surface area (TPSA) is 0 Å². The summed E-state index contributed by atoms with van der Waals surface area (Å²) in [6, 6.07) is 26.1. The third-order valence-corrected chi connectivity index (χ3v) is 6.60. The van der Waals surface area contributed by atoms with Crippen molar-refractivity contribution in [2.75, 3.05) is 0 Å². The minimum absolute atomic E-state index is 0.117. The fraction of sp³-hybridized carbons (Fsp3) is 0.333. The number of allylic oxidation sites excluding steroid dienone is 2. The zero-order valence-electron chi connectivity index (χ0n) is 23.7. The Morgan fingerprint density at radius 1 is 0.583 bits per heavy atom. The van der Waals surface area contributed by atoms with E-state index in [2.05, 4.69) is 160 Å². The Labute approximate surface area is 220 Å². The minimum atomic E-state index is 0.117. The monoisotopic (exact) mass is 474 g/mol. The lowest BCUT2D eigenvalue weighted by molar-refractivity contribution is 0.590. The van der Waals surface area contributed by atoms with E-state index in [1.165, 1.54) is 16.7 Å². The van der Waals surface area contributed by atoms with Gasteiger partial charge in [0.05, 0.1) is 0 Å². The Balaban J connectivity index is 2.00. The van der Waals surface area contributed by atoms with Crippen LogP contribution in [0, 0.1) is 11.8 Å². The molecule has 0 aliphatic rings. The van der Waals surface area contributed by atoms with Gasteiger partial charge in [-0.25, -0.2) is 0 Å². The molecule has 0 amide bonds. The summed E-state index contributed by atoms with van der Waals surface area (Å²) in [5.41, 5.74) is 9.42. The molecule has 3 aromatic rings. The lowest BCUT2D eigenvalue weighted by atomic mass is 9.85. The maximum absolute atomic E-state index is 4.46. The molecule has 0 fully saturated rings. The molecule has 0 heteroatoms. The Bertz CT molecular complexity index is 1280. The van der Waals surface area contributed by atoms with E-state index in [-0.39, 0.29) is 16.2 Å². The summed E-state index contributed by atoms with van der Waals surface area (Å²) in [6.45, 7) is 24.6. The van der Waals surface area contributed by atoms with Gasteiger partial charge >= 0.3 is 0 Å². The molecule has 0 aromatic heterocycles. The predicted molar refractivity (Wildman–Crippen MR) is 159 cm³/mol. The average Bonchev–Trinajstić information content (AvgIpc) is 2.80. The summed E-state index contributed by atoms with van der Waals surface area (Å²) in [7, 11) is 0. The Hall–Kier alpha value is -3.30. The molecular weight excluding hydrogens is 432 g/mol. The number of benzene rings is 3. The van der Waals surface area contributed by atoms with E-state index in [1.54, 1.807) is 0 Å². The molecule has 3 aromatic carbocycles. The van der Waals surface area contributed by atoms with Crippen LogP contribution in [-0.4, -0.2) is 0 Å². The molecule has 0 unspecified atom stereocenters. The van der Waals surface area contributed by atoms with Crippen molar-refractivity contribution in [1.29, 1.82) is 0 Å². The van der Waals surface area contributed by atoms with Crippen LogP contribution in [0.15, 0.2) is 84.9 Å². The van der Waals surface area contributed by atoms with Gasteiger partial charge in [-0.15, -0.1) is 0 Å². The van der Waals surface area contributed by atoms with Crippen LogP contribution in [0.4, 0.5) is 0 Å². The number of rotatable bonds is 3. The molecule has 0 saturated carbocycles. The van der Waals surface area contributed by atoms with Gasteiger partial charge in [0.1, 0.15) is 0 Å². The highest BCUT2D eigenvalue weighted by molar-refractivity contribution is 5.88. The first-order chi connectivity index (χ1) is 16.6. The largest absolute Gasteiger partial charge is 0.0899 e. The molecule has 0 atom stereocenters. The highest BCUT2D eigenvalue weighted by Gasteiger charge is 2.15. The predicted octanol–water partition coefficient (Wildman–Crippen LogP) is 9.73. The second-order valence-corrected chi connectivity index (χ2v) is 12.8. The van der Waals surface area contributed by atoms with Crippen molar-refractivity contribution in [3.05, 3.63) is 118 Å². The van der Waals surface area contributed by atoms with Gasteiger partial charge in [0.25, 0.3) is 0 Å². The average molecular weight is 475 g/mol. The van der Waals surface area contributed by atoms with Crippen LogP contribution in [0.3, 0.4) is 0 Å². The van der Waals surface area contributed by atoms with Crippen LogP contribution < -0.4 is 0 Å². The summed E-state index contributed by atoms with van der Waals surface area (Å²) >= 11 is 0. The van der Waals surface area contributed by atoms with Gasteiger partial charge in [-0.2, -0.15) is 0 Å². The lowest BCUT2D eigenvalue weighted by Crippen LogP contribution is -2.10. The van der Waals surface area contributed by atoms with Gasteiger partial charge in [0.2, 0.25) is 0 Å². The normalized spacial score (nSPS) is 12.6. The Kier molecular flexibility index (Phi) is 7.85. The Morgan fingerprint density at radius 3 is 1.39 bits per heavy atom. The van der Waals surface area contributed by atoms with Gasteiger partial charge in [-0.05, 0) is 67.8 Å². The second kappa shape index (κ2) is 10.4. The third-order valence-electron chi connectivity index (χ3n) is 6.60. The molecule has 186 valence electrons. The summed E-state index contributed by atoms with van der Waals surface area (Å²) in [5, 5.41) is 0. The van der Waals surface area contributed by atoms with Crippen molar-refractivity contribution in [3.8, 4) is 11.8 Å². The molecule has 0 bridgehead atoms. The maximum atomic E-state index is 4.46. The molecule has 0 saturated heterocycles. The van der Waals surface area contributed by atoms with Gasteiger partial charge in [0, 0.05) is 11.1 Å². The molecule has 0 nitrogen and oxygen atoms in total. The van der Waals surface area contributed by atoms with Gasteiger partial charge in [-0.1, -0.05) is 141 Å². The van der Waals surface area contributed by atoms with Crippen molar-refractivity contribution in [2.24, 2.45) is 0 Å². The fourth-order valence-corrected chi connectivity index (χ4v) is 3.96. The van der Waals surface area contributed by atoms with Crippen molar-refractivity contribution in [1.82, 2.24) is 0 Å². The molecule has 36 heavy (non-hydrogen) atoms. The van der Waals surface area contributed by atoms with Crippen LogP contribution >= 0.6 is 0 Å². The lowest BCUT2D eigenvalue weighted by Gasteiger charge is -2.19. The molecule has 0 aliphatic heterocycles. The second-order valence-electron chi connectivity index (χ2n) is 12.8. The van der Waals surface area contributed by atoms with E-state index >= 15 is 0 Å². The quantitative estimate of drug-likeness (QED) is 0.262. The number of hydrogen-bond donors (Lipinski definition) is 0. The third kappa shape index (κ3) is 7.11. The smallest absolute Gasteiger partial charge is 0.0327 e. The van der Waals surface area contributed by atoms with Crippen molar-refractivity contribution < 1.29 is 0 Å². The van der Waals surface area contributed by atoms with Gasteiger partial charge in [-0.3, -0.25) is 0 Å². The fourth-order valence-electron chi connectivity index (χ4n) is 3.96. The van der Waals surface area contributed by atoms with Crippen LogP contribution in [-0.2, 0) is 16.2 Å². The van der Waals surface area contributed by atoms with E-state index in [1.807, 2.05) is 0 Å². The molecule has 0 aliphatic carbocycles. The van der Waals surface area contributed by atoms with Crippen molar-refractivity contribution >= 4 is 11.6 Å². The molecule has 0 spiro atoms. The van der Waals surface area contributed by atoms with Gasteiger partial charge < -0.3 is 0 Å². The van der Waals surface area contributed by atoms with Crippen molar-refractivity contribution in [2.45, 2.75) is 78.6 Å². The first-order valence-corrected chi connectivity index (χ1v) is 12.9. The first kappa shape index (κ1) is 27.3. The Morgan fingerprint density at radius 2 is 0.972 bits per heavy atom. The van der Waals surface area contributed by atoms with E-state index in [9.17, 15) is 0 Å². The summed E-state index contributed by atoms with van der Waals surface area (Å²) in [4.78, 5) is 0. The zero-order valence-corrected chi connectivity index (χ0v) is 23.7. The molecular formula is C36H42. The van der Waals surface area contributed by atoms with Crippen LogP contribution in [0.1, 0.15) is 95.7 Å². The summed E-state index contributed by atoms with van der Waals surface area (Å²) < 4.78 is 0.